The van der Waals surface area contributed by atoms with Crippen molar-refractivity contribution in [3.05, 3.63) is 0 Å². The first-order valence-corrected chi connectivity index (χ1v) is 3.57. The van der Waals surface area contributed by atoms with E-state index >= 15 is 0 Å². The maximum atomic E-state index is 10.3. The molecule has 0 saturated heterocycles. The van der Waals surface area contributed by atoms with Gasteiger partial charge in [0.05, 0.1) is 0 Å². The van der Waals surface area contributed by atoms with Crippen molar-refractivity contribution in [2.45, 2.75) is 25.6 Å². The topological polar surface area (TPSA) is 57.5 Å². The van der Waals surface area contributed by atoms with Gasteiger partial charge in [0.2, 0.25) is 0 Å². The Labute approximate surface area is 59.7 Å². The van der Waals surface area contributed by atoms with Crippen LogP contribution in [0.1, 0.15) is 19.3 Å². The van der Waals surface area contributed by atoms with E-state index in [-0.39, 0.29) is 11.8 Å². The highest BCUT2D eigenvalue weighted by atomic mass is 16.5. The van der Waals surface area contributed by atoms with Crippen LogP contribution in [0.15, 0.2) is 0 Å². The van der Waals surface area contributed by atoms with Gasteiger partial charge in [0.15, 0.2) is 6.29 Å². The molecule has 1 fully saturated rings. The molecule has 1 aliphatic carbocycles. The lowest BCUT2D eigenvalue weighted by Crippen LogP contribution is -2.23. The molecule has 0 aromatic heterocycles. The molecular formula is C7H12O3. The molecule has 0 aromatic rings. The van der Waals surface area contributed by atoms with Crippen LogP contribution in [0.25, 0.3) is 0 Å². The lowest BCUT2D eigenvalue weighted by atomic mass is 9.97. The second-order valence-electron chi connectivity index (χ2n) is 2.81. The van der Waals surface area contributed by atoms with Crippen molar-refractivity contribution < 1.29 is 15.0 Å². The molecule has 0 amide bonds. The third-order valence-corrected chi connectivity index (χ3v) is 2.18. The van der Waals surface area contributed by atoms with Gasteiger partial charge in [-0.05, 0) is 12.8 Å². The summed E-state index contributed by atoms with van der Waals surface area (Å²) in [5, 5.41) is 17.5. The Kier molecular flexibility index (Phi) is 2.40. The lowest BCUT2D eigenvalue weighted by Gasteiger charge is -2.15. The molecule has 0 bridgehead atoms. The van der Waals surface area contributed by atoms with E-state index in [2.05, 4.69) is 0 Å². The normalized spacial score (nSPS) is 33.1. The molecular weight excluding hydrogens is 132 g/mol. The summed E-state index contributed by atoms with van der Waals surface area (Å²) in [6.45, 7) is 0. The Morgan fingerprint density at radius 3 is 2.50 bits per heavy atom. The van der Waals surface area contributed by atoms with E-state index in [1.165, 1.54) is 0 Å². The molecule has 0 aliphatic heterocycles. The highest BCUT2D eigenvalue weighted by molar-refractivity contribution is 5.54. The summed E-state index contributed by atoms with van der Waals surface area (Å²) < 4.78 is 0. The van der Waals surface area contributed by atoms with Crippen molar-refractivity contribution in [3.8, 4) is 0 Å². The Morgan fingerprint density at radius 1 is 1.40 bits per heavy atom. The number of carbonyl (C=O) groups is 1. The van der Waals surface area contributed by atoms with Crippen molar-refractivity contribution in [2.75, 3.05) is 0 Å². The number of hydrogen-bond donors (Lipinski definition) is 2. The largest absolute Gasteiger partial charge is 0.368 e. The fourth-order valence-electron chi connectivity index (χ4n) is 1.56. The third kappa shape index (κ3) is 1.36. The monoisotopic (exact) mass is 144 g/mol. The summed E-state index contributed by atoms with van der Waals surface area (Å²) >= 11 is 0. The van der Waals surface area contributed by atoms with Crippen LogP contribution in [0.3, 0.4) is 0 Å². The maximum Gasteiger partial charge on any atom is 0.154 e. The van der Waals surface area contributed by atoms with Gasteiger partial charge in [-0.15, -0.1) is 0 Å². The molecule has 0 heterocycles. The molecule has 3 nitrogen and oxygen atoms in total. The summed E-state index contributed by atoms with van der Waals surface area (Å²) in [6, 6.07) is 0. The first kappa shape index (κ1) is 7.69. The summed E-state index contributed by atoms with van der Waals surface area (Å²) in [4.78, 5) is 10.3. The van der Waals surface area contributed by atoms with E-state index < -0.39 is 6.29 Å². The van der Waals surface area contributed by atoms with Gasteiger partial charge in [-0.3, -0.25) is 0 Å². The van der Waals surface area contributed by atoms with Crippen LogP contribution in [0.5, 0.6) is 0 Å². The van der Waals surface area contributed by atoms with Gasteiger partial charge in [0.1, 0.15) is 6.29 Å². The summed E-state index contributed by atoms with van der Waals surface area (Å²) in [5.74, 6) is -0.336. The highest BCUT2D eigenvalue weighted by Crippen LogP contribution is 2.31. The number of aliphatic hydroxyl groups excluding tert-OH is 1. The predicted molar refractivity (Wildman–Crippen MR) is 35.1 cm³/mol. The highest BCUT2D eigenvalue weighted by Gasteiger charge is 2.31. The van der Waals surface area contributed by atoms with Crippen molar-refractivity contribution in [1.82, 2.24) is 0 Å². The number of aliphatic hydroxyl groups is 2. The minimum absolute atomic E-state index is 0.125. The molecule has 10 heavy (non-hydrogen) atoms. The maximum absolute atomic E-state index is 10.3. The van der Waals surface area contributed by atoms with E-state index in [0.717, 1.165) is 25.5 Å². The van der Waals surface area contributed by atoms with Crippen molar-refractivity contribution >= 4 is 6.29 Å². The Bertz CT molecular complexity index is 122. The fourth-order valence-corrected chi connectivity index (χ4v) is 1.56. The average Bonchev–Trinajstić information content (AvgIpc) is 2.33. The zero-order valence-corrected chi connectivity index (χ0v) is 5.73. The molecule has 0 spiro atoms. The molecule has 58 valence electrons. The van der Waals surface area contributed by atoms with Gasteiger partial charge >= 0.3 is 0 Å². The first-order valence-electron chi connectivity index (χ1n) is 3.57. The predicted octanol–water partition coefficient (Wildman–Crippen LogP) is -0.0877. The smallest absolute Gasteiger partial charge is 0.154 e. The molecule has 2 unspecified atom stereocenters. The zero-order chi connectivity index (χ0) is 7.56. The standard InChI is InChI=1S/C7H12O3/c8-4-5-2-1-3-6(5)7(9)10/h4-7,9-10H,1-3H2. The van der Waals surface area contributed by atoms with E-state index in [9.17, 15) is 4.79 Å². The summed E-state index contributed by atoms with van der Waals surface area (Å²) in [7, 11) is 0. The minimum atomic E-state index is -1.31. The van der Waals surface area contributed by atoms with Crippen molar-refractivity contribution in [2.24, 2.45) is 11.8 Å². The molecule has 1 aliphatic rings. The van der Waals surface area contributed by atoms with E-state index in [0.29, 0.717) is 0 Å². The van der Waals surface area contributed by atoms with E-state index in [4.69, 9.17) is 10.2 Å². The number of hydrogen-bond acceptors (Lipinski definition) is 3. The second kappa shape index (κ2) is 3.12. The minimum Gasteiger partial charge on any atom is -0.368 e. The van der Waals surface area contributed by atoms with Crippen LogP contribution in [0.4, 0.5) is 0 Å². The van der Waals surface area contributed by atoms with Gasteiger partial charge in [-0.1, -0.05) is 6.42 Å². The number of rotatable bonds is 2. The molecule has 1 saturated carbocycles. The van der Waals surface area contributed by atoms with Gasteiger partial charge < -0.3 is 15.0 Å². The molecule has 2 atom stereocenters. The fraction of sp³-hybridized carbons (Fsp3) is 0.857. The molecule has 3 heteroatoms. The molecule has 0 radical (unpaired) electrons. The third-order valence-electron chi connectivity index (χ3n) is 2.18. The van der Waals surface area contributed by atoms with Crippen LogP contribution < -0.4 is 0 Å². The first-order chi connectivity index (χ1) is 4.75. The number of carbonyl (C=O) groups excluding carboxylic acids is 1. The van der Waals surface area contributed by atoms with Gasteiger partial charge in [0.25, 0.3) is 0 Å². The summed E-state index contributed by atoms with van der Waals surface area (Å²) in [5.41, 5.74) is 0. The molecule has 0 aromatic carbocycles. The van der Waals surface area contributed by atoms with Gasteiger partial charge in [-0.25, -0.2) is 0 Å². The Hall–Kier alpha value is -0.410. The molecule has 2 N–H and O–H groups in total. The lowest BCUT2D eigenvalue weighted by molar-refractivity contribution is -0.123. The SMILES string of the molecule is O=CC1CCCC1C(O)O. The van der Waals surface area contributed by atoms with E-state index in [1.54, 1.807) is 0 Å². The van der Waals surface area contributed by atoms with Crippen LogP contribution in [-0.4, -0.2) is 22.8 Å². The Balaban J connectivity index is 2.49. The van der Waals surface area contributed by atoms with Crippen molar-refractivity contribution in [1.29, 1.82) is 0 Å². The van der Waals surface area contributed by atoms with Crippen LogP contribution in [0, 0.1) is 11.8 Å². The molecule has 1 rings (SSSR count). The number of aldehydes is 1. The quantitative estimate of drug-likeness (QED) is 0.420. The van der Waals surface area contributed by atoms with Crippen molar-refractivity contribution in [3.63, 3.8) is 0 Å². The van der Waals surface area contributed by atoms with Crippen LogP contribution in [-0.2, 0) is 4.79 Å². The van der Waals surface area contributed by atoms with E-state index in [1.807, 2.05) is 0 Å². The Morgan fingerprint density at radius 2 is 2.10 bits per heavy atom. The zero-order valence-electron chi connectivity index (χ0n) is 5.73. The van der Waals surface area contributed by atoms with Crippen LogP contribution >= 0.6 is 0 Å². The average molecular weight is 144 g/mol. The van der Waals surface area contributed by atoms with Gasteiger partial charge in [0, 0.05) is 11.8 Å². The van der Waals surface area contributed by atoms with Gasteiger partial charge in [-0.2, -0.15) is 0 Å². The van der Waals surface area contributed by atoms with Crippen LogP contribution in [0.2, 0.25) is 0 Å². The summed E-state index contributed by atoms with van der Waals surface area (Å²) in [6.07, 6.45) is 2.04. The second-order valence-corrected chi connectivity index (χ2v) is 2.81.